The van der Waals surface area contributed by atoms with Gasteiger partial charge in [-0.2, -0.15) is 0 Å². The van der Waals surface area contributed by atoms with Crippen molar-refractivity contribution in [1.82, 2.24) is 14.8 Å². The van der Waals surface area contributed by atoms with Gasteiger partial charge in [0.05, 0.1) is 5.57 Å². The molecule has 0 bridgehead atoms. The van der Waals surface area contributed by atoms with Gasteiger partial charge in [-0.25, -0.2) is 4.98 Å². The molecule has 1 aliphatic rings. The van der Waals surface area contributed by atoms with E-state index in [9.17, 15) is 14.7 Å². The van der Waals surface area contributed by atoms with Gasteiger partial charge in [-0.05, 0) is 52.0 Å². The van der Waals surface area contributed by atoms with E-state index in [1.807, 2.05) is 44.2 Å². The molecule has 7 nitrogen and oxygen atoms in total. The van der Waals surface area contributed by atoms with Crippen LogP contribution in [0.4, 0.5) is 0 Å². The van der Waals surface area contributed by atoms with Crippen molar-refractivity contribution in [3.63, 3.8) is 0 Å². The summed E-state index contributed by atoms with van der Waals surface area (Å²) < 4.78 is 5.87. The van der Waals surface area contributed by atoms with Gasteiger partial charge in [0.25, 0.3) is 11.7 Å². The topological polar surface area (TPSA) is 86.9 Å². The van der Waals surface area contributed by atoms with Crippen LogP contribution in [0.2, 0.25) is 0 Å². The molecule has 1 amide bonds. The van der Waals surface area contributed by atoms with Gasteiger partial charge in [0.1, 0.15) is 28.3 Å². The standard InChI is InChI=1S/C27H31N3O4S/c1-5-29(6-2)15-10-16-30-23(20-14-13-17(3)34-20)21(25(32)27(30)33)24(31)22-18(4)35-26(28-22)19-11-8-7-9-12-19/h7-9,11-14,23,31H,5-6,10,15-16H2,1-4H3. The molecule has 35 heavy (non-hydrogen) atoms. The summed E-state index contributed by atoms with van der Waals surface area (Å²) in [5.74, 6) is -0.462. The average Bonchev–Trinajstić information content (AvgIpc) is 3.54. The normalized spacial score (nSPS) is 17.6. The second-order valence-corrected chi connectivity index (χ2v) is 9.81. The van der Waals surface area contributed by atoms with Gasteiger partial charge >= 0.3 is 0 Å². The first-order valence-corrected chi connectivity index (χ1v) is 12.8. The number of benzene rings is 1. The monoisotopic (exact) mass is 493 g/mol. The van der Waals surface area contributed by atoms with Gasteiger partial charge < -0.3 is 19.3 Å². The van der Waals surface area contributed by atoms with Crippen LogP contribution in [0.3, 0.4) is 0 Å². The predicted octanol–water partition coefficient (Wildman–Crippen LogP) is 5.17. The lowest BCUT2D eigenvalue weighted by molar-refractivity contribution is -0.140. The van der Waals surface area contributed by atoms with E-state index in [4.69, 9.17) is 4.42 Å². The van der Waals surface area contributed by atoms with Crippen LogP contribution >= 0.6 is 11.3 Å². The molecular formula is C27H31N3O4S. The van der Waals surface area contributed by atoms with Gasteiger partial charge in [-0.1, -0.05) is 44.2 Å². The minimum absolute atomic E-state index is 0.0280. The van der Waals surface area contributed by atoms with Crippen molar-refractivity contribution in [1.29, 1.82) is 0 Å². The molecule has 1 fully saturated rings. The lowest BCUT2D eigenvalue weighted by Crippen LogP contribution is -2.33. The molecule has 2 aromatic heterocycles. The first kappa shape index (κ1) is 24.9. The molecule has 4 rings (SSSR count). The third-order valence-electron chi connectivity index (χ3n) is 6.38. The third kappa shape index (κ3) is 4.94. The molecule has 0 radical (unpaired) electrons. The van der Waals surface area contributed by atoms with Gasteiger partial charge in [0.2, 0.25) is 0 Å². The van der Waals surface area contributed by atoms with Gasteiger partial charge in [0, 0.05) is 17.0 Å². The Kier molecular flexibility index (Phi) is 7.52. The van der Waals surface area contributed by atoms with Gasteiger partial charge in [0.15, 0.2) is 5.76 Å². The van der Waals surface area contributed by atoms with E-state index in [2.05, 4.69) is 23.7 Å². The predicted molar refractivity (Wildman–Crippen MR) is 137 cm³/mol. The Bertz CT molecular complexity index is 1240. The number of aromatic nitrogens is 1. The lowest BCUT2D eigenvalue weighted by atomic mass is 10.0. The summed E-state index contributed by atoms with van der Waals surface area (Å²) in [6.07, 6.45) is 0.707. The minimum atomic E-state index is -0.790. The summed E-state index contributed by atoms with van der Waals surface area (Å²) in [5.41, 5.74) is 1.28. The van der Waals surface area contributed by atoms with Crippen LogP contribution in [-0.2, 0) is 9.59 Å². The zero-order chi connectivity index (χ0) is 25.1. The number of hydrogen-bond acceptors (Lipinski definition) is 7. The van der Waals surface area contributed by atoms with E-state index in [0.717, 1.165) is 35.1 Å². The smallest absolute Gasteiger partial charge is 0.295 e. The number of furan rings is 1. The van der Waals surface area contributed by atoms with E-state index in [0.29, 0.717) is 30.2 Å². The Labute approximate surface area is 209 Å². The molecule has 3 heterocycles. The van der Waals surface area contributed by atoms with Crippen molar-refractivity contribution in [3.05, 3.63) is 70.1 Å². The SMILES string of the molecule is CCN(CC)CCCN1C(=O)C(=O)C(=C(O)c2nc(-c3ccccc3)sc2C)C1c1ccc(C)o1. The van der Waals surface area contributed by atoms with Gasteiger partial charge in [-0.15, -0.1) is 11.3 Å². The fourth-order valence-corrected chi connectivity index (χ4v) is 5.38. The second kappa shape index (κ2) is 10.6. The molecule has 1 aliphatic heterocycles. The lowest BCUT2D eigenvalue weighted by Gasteiger charge is -2.25. The fourth-order valence-electron chi connectivity index (χ4n) is 4.46. The molecule has 0 saturated carbocycles. The van der Waals surface area contributed by atoms with E-state index < -0.39 is 17.7 Å². The van der Waals surface area contributed by atoms with Crippen LogP contribution in [-0.4, -0.2) is 57.8 Å². The minimum Gasteiger partial charge on any atom is -0.505 e. The maximum Gasteiger partial charge on any atom is 0.295 e. The van der Waals surface area contributed by atoms with Crippen LogP contribution in [0.25, 0.3) is 16.3 Å². The van der Waals surface area contributed by atoms with Crippen molar-refractivity contribution in [2.24, 2.45) is 0 Å². The molecule has 0 spiro atoms. The molecule has 8 heteroatoms. The number of aliphatic hydroxyl groups excluding tert-OH is 1. The Balaban J connectivity index is 1.74. The Morgan fingerprint density at radius 2 is 1.83 bits per heavy atom. The number of carbonyl (C=O) groups is 2. The summed E-state index contributed by atoms with van der Waals surface area (Å²) in [6.45, 7) is 10.9. The maximum absolute atomic E-state index is 13.2. The Morgan fingerprint density at radius 3 is 2.46 bits per heavy atom. The molecule has 0 aliphatic carbocycles. The summed E-state index contributed by atoms with van der Waals surface area (Å²) in [5, 5.41) is 12.1. The molecule has 184 valence electrons. The number of thiazole rings is 1. The van der Waals surface area contributed by atoms with Crippen LogP contribution in [0.15, 0.2) is 52.5 Å². The highest BCUT2D eigenvalue weighted by molar-refractivity contribution is 7.15. The summed E-state index contributed by atoms with van der Waals surface area (Å²) in [4.78, 5) is 35.6. The highest BCUT2D eigenvalue weighted by Crippen LogP contribution is 2.41. The molecule has 1 aromatic carbocycles. The van der Waals surface area contributed by atoms with Crippen LogP contribution in [0, 0.1) is 13.8 Å². The molecule has 1 saturated heterocycles. The van der Waals surface area contributed by atoms with Crippen LogP contribution < -0.4 is 0 Å². The first-order chi connectivity index (χ1) is 16.8. The van der Waals surface area contributed by atoms with Crippen LogP contribution in [0.5, 0.6) is 0 Å². The highest BCUT2D eigenvalue weighted by Gasteiger charge is 2.47. The van der Waals surface area contributed by atoms with Crippen molar-refractivity contribution in [3.8, 4) is 10.6 Å². The zero-order valence-corrected chi connectivity index (χ0v) is 21.4. The number of rotatable bonds is 9. The number of aryl methyl sites for hydroxylation is 2. The van der Waals surface area contributed by atoms with E-state index in [1.165, 1.54) is 16.2 Å². The maximum atomic E-state index is 13.2. The van der Waals surface area contributed by atoms with Crippen molar-refractivity contribution < 1.29 is 19.1 Å². The summed E-state index contributed by atoms with van der Waals surface area (Å²) >= 11 is 1.44. The zero-order valence-electron chi connectivity index (χ0n) is 20.6. The first-order valence-electron chi connectivity index (χ1n) is 12.0. The number of Topliss-reactive ketones (excluding diaryl/α,β-unsaturated/α-hetero) is 1. The number of amides is 1. The van der Waals surface area contributed by atoms with Crippen molar-refractivity contribution in [2.45, 2.75) is 40.2 Å². The molecule has 1 atom stereocenters. The summed E-state index contributed by atoms with van der Waals surface area (Å²) in [6, 6.07) is 12.4. The highest BCUT2D eigenvalue weighted by atomic mass is 32.1. The molecule has 3 aromatic rings. The van der Waals surface area contributed by atoms with E-state index in [-0.39, 0.29) is 11.3 Å². The van der Waals surface area contributed by atoms with E-state index >= 15 is 0 Å². The van der Waals surface area contributed by atoms with Crippen molar-refractivity contribution in [2.75, 3.05) is 26.2 Å². The average molecular weight is 494 g/mol. The fraction of sp³-hybridized carbons (Fsp3) is 0.370. The quantitative estimate of drug-likeness (QED) is 0.251. The largest absolute Gasteiger partial charge is 0.505 e. The number of ketones is 1. The van der Waals surface area contributed by atoms with Crippen molar-refractivity contribution >= 4 is 28.8 Å². The molecule has 1 N–H and O–H groups in total. The third-order valence-corrected chi connectivity index (χ3v) is 7.40. The number of nitrogens with zero attached hydrogens (tertiary/aromatic N) is 3. The second-order valence-electron chi connectivity index (χ2n) is 8.61. The number of carbonyl (C=O) groups excluding carboxylic acids is 2. The number of likely N-dealkylation sites (tertiary alicyclic amines) is 1. The number of aliphatic hydroxyl groups is 1. The Hall–Kier alpha value is -3.23. The van der Waals surface area contributed by atoms with E-state index in [1.54, 1.807) is 12.1 Å². The van der Waals surface area contributed by atoms with Crippen LogP contribution in [0.1, 0.15) is 48.4 Å². The van der Waals surface area contributed by atoms with Gasteiger partial charge in [-0.3, -0.25) is 9.59 Å². The molecule has 1 unspecified atom stereocenters. The molecular weight excluding hydrogens is 462 g/mol. The Morgan fingerprint density at radius 1 is 1.11 bits per heavy atom. The number of hydrogen-bond donors (Lipinski definition) is 1. The summed E-state index contributed by atoms with van der Waals surface area (Å²) in [7, 11) is 0.